The Morgan fingerprint density at radius 2 is 1.82 bits per heavy atom. The van der Waals surface area contributed by atoms with Crippen LogP contribution in [0, 0.1) is 11.6 Å². The predicted octanol–water partition coefficient (Wildman–Crippen LogP) is 4.31. The van der Waals surface area contributed by atoms with Crippen LogP contribution < -0.4 is 4.74 Å². The number of para-hydroxylation sites is 1. The molecule has 0 bridgehead atoms. The van der Waals surface area contributed by atoms with Gasteiger partial charge in [-0.2, -0.15) is 0 Å². The number of halogens is 3. The summed E-state index contributed by atoms with van der Waals surface area (Å²) in [6, 6.07) is 10.7. The molecule has 0 fully saturated rings. The number of rotatable bonds is 3. The summed E-state index contributed by atoms with van der Waals surface area (Å²) < 4.78 is 32.2. The van der Waals surface area contributed by atoms with Crippen LogP contribution in [0.3, 0.4) is 0 Å². The van der Waals surface area contributed by atoms with Crippen molar-refractivity contribution in [2.75, 3.05) is 0 Å². The van der Waals surface area contributed by atoms with Crippen molar-refractivity contribution in [3.8, 4) is 5.75 Å². The van der Waals surface area contributed by atoms with Crippen molar-refractivity contribution in [1.82, 2.24) is 0 Å². The minimum Gasteiger partial charge on any atom is -0.488 e. The number of hydrogen-bond acceptors (Lipinski definition) is 1. The van der Waals surface area contributed by atoms with Gasteiger partial charge in [0.1, 0.15) is 24.0 Å². The zero-order valence-corrected chi connectivity index (χ0v) is 10.4. The summed E-state index contributed by atoms with van der Waals surface area (Å²) in [5.41, 5.74) is 0.321. The van der Waals surface area contributed by atoms with Crippen molar-refractivity contribution in [1.29, 1.82) is 0 Å². The summed E-state index contributed by atoms with van der Waals surface area (Å²) >= 11 is 3.32. The van der Waals surface area contributed by atoms with E-state index in [2.05, 4.69) is 15.9 Å². The van der Waals surface area contributed by atoms with Crippen LogP contribution in [0.25, 0.3) is 0 Å². The highest BCUT2D eigenvalue weighted by atomic mass is 79.9. The van der Waals surface area contributed by atoms with Crippen LogP contribution in [0.2, 0.25) is 0 Å². The van der Waals surface area contributed by atoms with Crippen LogP contribution in [-0.2, 0) is 6.61 Å². The molecule has 17 heavy (non-hydrogen) atoms. The van der Waals surface area contributed by atoms with Gasteiger partial charge in [0.25, 0.3) is 0 Å². The molecule has 2 aromatic carbocycles. The quantitative estimate of drug-likeness (QED) is 0.820. The molecule has 88 valence electrons. The van der Waals surface area contributed by atoms with E-state index in [1.54, 1.807) is 6.07 Å². The third-order valence-corrected chi connectivity index (χ3v) is 2.89. The van der Waals surface area contributed by atoms with Crippen molar-refractivity contribution >= 4 is 15.9 Å². The molecule has 0 heterocycles. The third kappa shape index (κ3) is 3.03. The maximum atomic E-state index is 13.3. The lowest BCUT2D eigenvalue weighted by Crippen LogP contribution is -1.99. The Morgan fingerprint density at radius 1 is 1.06 bits per heavy atom. The fraction of sp³-hybridized carbons (Fsp3) is 0.0769. The fourth-order valence-electron chi connectivity index (χ4n) is 1.36. The van der Waals surface area contributed by atoms with E-state index in [-0.39, 0.29) is 6.61 Å². The number of benzene rings is 2. The highest BCUT2D eigenvalue weighted by molar-refractivity contribution is 9.10. The molecule has 0 amide bonds. The highest BCUT2D eigenvalue weighted by Crippen LogP contribution is 2.25. The first-order chi connectivity index (χ1) is 8.16. The summed E-state index contributed by atoms with van der Waals surface area (Å²) in [7, 11) is 0. The van der Waals surface area contributed by atoms with Crippen LogP contribution >= 0.6 is 15.9 Å². The second kappa shape index (κ2) is 5.27. The largest absolute Gasteiger partial charge is 0.488 e. The van der Waals surface area contributed by atoms with Crippen LogP contribution in [0.5, 0.6) is 5.75 Å². The summed E-state index contributed by atoms with van der Waals surface area (Å²) in [4.78, 5) is 0. The Hall–Kier alpha value is -1.42. The summed E-state index contributed by atoms with van der Waals surface area (Å²) in [6.07, 6.45) is 0. The van der Waals surface area contributed by atoms with E-state index in [1.807, 2.05) is 18.2 Å². The second-order valence-electron chi connectivity index (χ2n) is 3.45. The molecule has 1 nitrogen and oxygen atoms in total. The standard InChI is InChI=1S/C13H9BrF2O/c14-11-3-1-2-4-13(11)17-8-9-5-6-10(15)7-12(9)16/h1-7H,8H2. The smallest absolute Gasteiger partial charge is 0.133 e. The van der Waals surface area contributed by atoms with Crippen molar-refractivity contribution in [3.05, 3.63) is 64.1 Å². The molecular weight excluding hydrogens is 290 g/mol. The average Bonchev–Trinajstić information content (AvgIpc) is 2.30. The van der Waals surface area contributed by atoms with Crippen LogP contribution in [-0.4, -0.2) is 0 Å². The summed E-state index contributed by atoms with van der Waals surface area (Å²) in [5.74, 6) is -0.569. The minimum atomic E-state index is -0.600. The van der Waals surface area contributed by atoms with Gasteiger partial charge in [-0.3, -0.25) is 0 Å². The lowest BCUT2D eigenvalue weighted by atomic mass is 10.2. The number of ether oxygens (including phenoxy) is 1. The lowest BCUT2D eigenvalue weighted by Gasteiger charge is -2.08. The monoisotopic (exact) mass is 298 g/mol. The molecular formula is C13H9BrF2O. The first-order valence-electron chi connectivity index (χ1n) is 4.98. The van der Waals surface area contributed by atoms with Gasteiger partial charge >= 0.3 is 0 Å². The Morgan fingerprint density at radius 3 is 2.53 bits per heavy atom. The van der Waals surface area contributed by atoms with E-state index in [0.717, 1.165) is 10.5 Å². The molecule has 0 atom stereocenters. The van der Waals surface area contributed by atoms with E-state index >= 15 is 0 Å². The predicted molar refractivity (Wildman–Crippen MR) is 64.8 cm³/mol. The Kier molecular flexibility index (Phi) is 3.74. The maximum absolute atomic E-state index is 13.3. The normalized spacial score (nSPS) is 10.3. The molecule has 0 aliphatic rings. The molecule has 0 saturated carbocycles. The summed E-state index contributed by atoms with van der Waals surface area (Å²) in [5, 5.41) is 0. The van der Waals surface area contributed by atoms with Gasteiger partial charge in [0, 0.05) is 11.6 Å². The molecule has 0 saturated heterocycles. The Bertz CT molecular complexity index is 529. The Labute approximate surface area is 106 Å². The molecule has 2 aromatic rings. The van der Waals surface area contributed by atoms with Gasteiger partial charge in [-0.15, -0.1) is 0 Å². The van der Waals surface area contributed by atoms with Crippen molar-refractivity contribution in [2.45, 2.75) is 6.61 Å². The molecule has 0 spiro atoms. The number of hydrogen-bond donors (Lipinski definition) is 0. The molecule has 0 aliphatic carbocycles. The Balaban J connectivity index is 2.10. The van der Waals surface area contributed by atoms with E-state index in [4.69, 9.17) is 4.74 Å². The molecule has 0 N–H and O–H groups in total. The fourth-order valence-corrected chi connectivity index (χ4v) is 1.76. The van der Waals surface area contributed by atoms with E-state index in [9.17, 15) is 8.78 Å². The van der Waals surface area contributed by atoms with E-state index < -0.39 is 11.6 Å². The van der Waals surface area contributed by atoms with Crippen LogP contribution in [0.4, 0.5) is 8.78 Å². The molecule has 0 unspecified atom stereocenters. The molecule has 0 aliphatic heterocycles. The van der Waals surface area contributed by atoms with Crippen LogP contribution in [0.1, 0.15) is 5.56 Å². The first kappa shape index (κ1) is 12.0. The van der Waals surface area contributed by atoms with Gasteiger partial charge in [-0.05, 0) is 40.2 Å². The van der Waals surface area contributed by atoms with Crippen LogP contribution in [0.15, 0.2) is 46.9 Å². The topological polar surface area (TPSA) is 9.23 Å². The molecule has 0 aromatic heterocycles. The lowest BCUT2D eigenvalue weighted by molar-refractivity contribution is 0.297. The van der Waals surface area contributed by atoms with Crippen molar-refractivity contribution in [2.24, 2.45) is 0 Å². The molecule has 0 radical (unpaired) electrons. The zero-order valence-electron chi connectivity index (χ0n) is 8.79. The van der Waals surface area contributed by atoms with Gasteiger partial charge in [0.2, 0.25) is 0 Å². The molecule has 2 rings (SSSR count). The zero-order chi connectivity index (χ0) is 12.3. The van der Waals surface area contributed by atoms with Gasteiger partial charge in [0.15, 0.2) is 0 Å². The second-order valence-corrected chi connectivity index (χ2v) is 4.31. The van der Waals surface area contributed by atoms with E-state index in [1.165, 1.54) is 12.1 Å². The van der Waals surface area contributed by atoms with Crippen molar-refractivity contribution < 1.29 is 13.5 Å². The van der Waals surface area contributed by atoms with Gasteiger partial charge in [-0.1, -0.05) is 12.1 Å². The van der Waals surface area contributed by atoms with Gasteiger partial charge in [0.05, 0.1) is 4.47 Å². The SMILES string of the molecule is Fc1ccc(COc2ccccc2Br)c(F)c1. The van der Waals surface area contributed by atoms with E-state index in [0.29, 0.717) is 11.3 Å². The average molecular weight is 299 g/mol. The minimum absolute atomic E-state index is 0.0642. The van der Waals surface area contributed by atoms with Crippen molar-refractivity contribution in [3.63, 3.8) is 0 Å². The summed E-state index contributed by atoms with van der Waals surface area (Å²) in [6.45, 7) is 0.0642. The van der Waals surface area contributed by atoms with Gasteiger partial charge in [-0.25, -0.2) is 8.78 Å². The molecule has 4 heteroatoms. The van der Waals surface area contributed by atoms with Gasteiger partial charge < -0.3 is 4.74 Å². The third-order valence-electron chi connectivity index (χ3n) is 2.23. The first-order valence-corrected chi connectivity index (χ1v) is 5.77. The maximum Gasteiger partial charge on any atom is 0.133 e. The highest BCUT2D eigenvalue weighted by Gasteiger charge is 2.05.